The highest BCUT2D eigenvalue weighted by Crippen LogP contribution is 2.45. The van der Waals surface area contributed by atoms with E-state index in [0.29, 0.717) is 25.7 Å². The molecule has 19 heteroatoms. The van der Waals surface area contributed by atoms with E-state index in [1.807, 2.05) is 0 Å². The van der Waals surface area contributed by atoms with E-state index in [1.54, 1.807) is 0 Å². The lowest BCUT2D eigenvalue weighted by molar-refractivity contribution is -0.161. The molecular weight excluding hydrogens is 1340 g/mol. The quantitative estimate of drug-likeness (QED) is 0.0222. The normalized spacial score (nSPS) is 13.9. The molecule has 0 aliphatic carbocycles. The van der Waals surface area contributed by atoms with Crippen molar-refractivity contribution in [2.45, 2.75) is 458 Å². The van der Waals surface area contributed by atoms with Gasteiger partial charge in [0.05, 0.1) is 26.4 Å². The van der Waals surface area contributed by atoms with E-state index in [4.69, 9.17) is 37.0 Å². The number of carbonyl (C=O) groups is 4. The summed E-state index contributed by atoms with van der Waals surface area (Å²) < 4.78 is 68.8. The van der Waals surface area contributed by atoms with Crippen molar-refractivity contribution in [3.05, 3.63) is 0 Å². The first kappa shape index (κ1) is 101. The Kier molecular flexibility index (Phi) is 72.8. The number of phosphoric acid groups is 2. The smallest absolute Gasteiger partial charge is 0.462 e. The van der Waals surface area contributed by atoms with Crippen molar-refractivity contribution in [3.8, 4) is 0 Å². The third-order valence-corrected chi connectivity index (χ3v) is 21.5. The molecule has 612 valence electrons. The molecule has 0 bridgehead atoms. The molecule has 0 amide bonds. The molecule has 0 aromatic heterocycles. The monoisotopic (exact) mass is 1510 g/mol. The van der Waals surface area contributed by atoms with Gasteiger partial charge >= 0.3 is 39.5 Å². The topological polar surface area (TPSA) is 237 Å². The van der Waals surface area contributed by atoms with Crippen LogP contribution in [0.5, 0.6) is 0 Å². The SMILES string of the molecule is CCCCCCCCCCCCCCCCCCCCCCC(=O)O[C@H](COC(=O)CCCCCCCCCCCCCCCCC(C)C)COP(=O)(O)OC[C@@H](O)COP(=O)(O)OC[C@@H](COC(=O)CCCCCCCCCCCC(C)C)OC(=O)CCCCCCCCCCCCCC(C)C. The van der Waals surface area contributed by atoms with Gasteiger partial charge in [-0.3, -0.25) is 37.3 Å². The maximum atomic E-state index is 13.1. The van der Waals surface area contributed by atoms with Gasteiger partial charge in [-0.2, -0.15) is 0 Å². The second-order valence-corrected chi connectivity index (χ2v) is 34.6. The summed E-state index contributed by atoms with van der Waals surface area (Å²) in [6, 6.07) is 0. The zero-order valence-electron chi connectivity index (χ0n) is 67.8. The standard InChI is InChI=1S/C84H164O17P2/c1-8-9-10-11-12-13-14-15-16-17-18-19-20-21-26-31-38-46-53-60-67-83(88)100-79(71-94-81(86)65-58-51-44-37-30-25-23-22-24-28-34-41-48-55-62-75(2)3)73-98-102(90,91)96-69-78(85)70-97-103(92,93)99-74-80(72-95-82(87)66-59-52-45-40-33-36-43-50-57-64-77(6)7)101-84(89)68-61-54-47-39-32-27-29-35-42-49-56-63-76(4)5/h75-80,85H,8-74H2,1-7H3,(H,90,91)(H,92,93)/t78-,79-,80-/m1/s1. The van der Waals surface area contributed by atoms with Crippen LogP contribution in [0.15, 0.2) is 0 Å². The van der Waals surface area contributed by atoms with E-state index in [1.165, 1.54) is 250 Å². The minimum absolute atomic E-state index is 0.106. The molecule has 3 N–H and O–H groups in total. The van der Waals surface area contributed by atoms with E-state index in [-0.39, 0.29) is 25.7 Å². The van der Waals surface area contributed by atoms with Crippen LogP contribution in [-0.2, 0) is 65.4 Å². The Balaban J connectivity index is 5.25. The first-order chi connectivity index (χ1) is 49.7. The van der Waals surface area contributed by atoms with Crippen molar-refractivity contribution in [1.82, 2.24) is 0 Å². The van der Waals surface area contributed by atoms with Gasteiger partial charge in [0.1, 0.15) is 19.3 Å². The molecule has 0 saturated carbocycles. The Labute approximate surface area is 632 Å². The number of aliphatic hydroxyl groups excluding tert-OH is 1. The molecule has 0 aliphatic heterocycles. The van der Waals surface area contributed by atoms with Gasteiger partial charge < -0.3 is 33.8 Å². The zero-order valence-corrected chi connectivity index (χ0v) is 69.6. The van der Waals surface area contributed by atoms with E-state index in [0.717, 1.165) is 108 Å². The average molecular weight is 1510 g/mol. The van der Waals surface area contributed by atoms with Crippen LogP contribution >= 0.6 is 15.6 Å². The third kappa shape index (κ3) is 78.0. The van der Waals surface area contributed by atoms with Gasteiger partial charge in [0.25, 0.3) is 0 Å². The lowest BCUT2D eigenvalue weighted by Gasteiger charge is -2.21. The van der Waals surface area contributed by atoms with E-state index in [9.17, 15) is 43.2 Å². The van der Waals surface area contributed by atoms with E-state index in [2.05, 4.69) is 48.5 Å². The summed E-state index contributed by atoms with van der Waals surface area (Å²) in [6.07, 6.45) is 63.9. The van der Waals surface area contributed by atoms with Crippen molar-refractivity contribution in [3.63, 3.8) is 0 Å². The van der Waals surface area contributed by atoms with Crippen LogP contribution in [0.4, 0.5) is 0 Å². The van der Waals surface area contributed by atoms with Crippen molar-refractivity contribution >= 4 is 39.5 Å². The summed E-state index contributed by atoms with van der Waals surface area (Å²) in [5.74, 6) is 0.201. The third-order valence-electron chi connectivity index (χ3n) is 19.6. The fourth-order valence-electron chi connectivity index (χ4n) is 13.0. The van der Waals surface area contributed by atoms with Gasteiger partial charge in [0, 0.05) is 25.7 Å². The molecule has 0 fully saturated rings. The van der Waals surface area contributed by atoms with Crippen LogP contribution in [0.1, 0.15) is 440 Å². The van der Waals surface area contributed by atoms with E-state index >= 15 is 0 Å². The largest absolute Gasteiger partial charge is 0.472 e. The molecule has 0 aliphatic rings. The molecule has 0 saturated heterocycles. The van der Waals surface area contributed by atoms with Crippen LogP contribution in [0.25, 0.3) is 0 Å². The summed E-state index contributed by atoms with van der Waals surface area (Å²) >= 11 is 0. The van der Waals surface area contributed by atoms with E-state index < -0.39 is 97.5 Å². The summed E-state index contributed by atoms with van der Waals surface area (Å²) in [7, 11) is -9.93. The molecule has 0 aromatic rings. The molecule has 0 aromatic carbocycles. The molecule has 103 heavy (non-hydrogen) atoms. The first-order valence-corrected chi connectivity index (χ1v) is 46.3. The van der Waals surface area contributed by atoms with Crippen LogP contribution in [0.3, 0.4) is 0 Å². The van der Waals surface area contributed by atoms with Gasteiger partial charge in [-0.15, -0.1) is 0 Å². The molecule has 0 rings (SSSR count). The van der Waals surface area contributed by atoms with Crippen LogP contribution in [0.2, 0.25) is 0 Å². The number of phosphoric ester groups is 2. The summed E-state index contributed by atoms with van der Waals surface area (Å²) in [6.45, 7) is 12.0. The van der Waals surface area contributed by atoms with Crippen molar-refractivity contribution in [2.24, 2.45) is 17.8 Å². The fourth-order valence-corrected chi connectivity index (χ4v) is 14.6. The van der Waals surface area contributed by atoms with Crippen LogP contribution in [0, 0.1) is 17.8 Å². The van der Waals surface area contributed by atoms with Crippen LogP contribution < -0.4 is 0 Å². The predicted octanol–water partition coefficient (Wildman–Crippen LogP) is 25.3. The van der Waals surface area contributed by atoms with Gasteiger partial charge in [0.2, 0.25) is 0 Å². The predicted molar refractivity (Wildman–Crippen MR) is 423 cm³/mol. The molecule has 17 nitrogen and oxygen atoms in total. The lowest BCUT2D eigenvalue weighted by Crippen LogP contribution is -2.30. The van der Waals surface area contributed by atoms with Crippen molar-refractivity contribution < 1.29 is 80.2 Å². The minimum atomic E-state index is -4.96. The van der Waals surface area contributed by atoms with Crippen molar-refractivity contribution in [2.75, 3.05) is 39.6 Å². The molecule has 5 atom stereocenters. The van der Waals surface area contributed by atoms with Gasteiger partial charge in [-0.05, 0) is 43.4 Å². The number of unbranched alkanes of at least 4 members (excludes halogenated alkanes) is 50. The summed E-state index contributed by atoms with van der Waals surface area (Å²) in [5.41, 5.74) is 0. The highest BCUT2D eigenvalue weighted by Gasteiger charge is 2.30. The minimum Gasteiger partial charge on any atom is -0.462 e. The number of rotatable bonds is 82. The number of ether oxygens (including phenoxy) is 4. The number of aliphatic hydroxyl groups is 1. The number of hydrogen-bond acceptors (Lipinski definition) is 15. The molecule has 2 unspecified atom stereocenters. The Morgan fingerprint density at radius 1 is 0.262 bits per heavy atom. The van der Waals surface area contributed by atoms with Gasteiger partial charge in [-0.1, -0.05) is 389 Å². The number of esters is 4. The molecule has 0 radical (unpaired) electrons. The number of carbonyl (C=O) groups excluding carboxylic acids is 4. The maximum Gasteiger partial charge on any atom is 0.472 e. The first-order valence-electron chi connectivity index (χ1n) is 43.3. The second-order valence-electron chi connectivity index (χ2n) is 31.6. The second kappa shape index (κ2) is 74.2. The Morgan fingerprint density at radius 2 is 0.447 bits per heavy atom. The van der Waals surface area contributed by atoms with Crippen molar-refractivity contribution in [1.29, 1.82) is 0 Å². The Morgan fingerprint density at radius 3 is 0.660 bits per heavy atom. The van der Waals surface area contributed by atoms with Gasteiger partial charge in [0.15, 0.2) is 12.2 Å². The highest BCUT2D eigenvalue weighted by atomic mass is 31.2. The van der Waals surface area contributed by atoms with Crippen LogP contribution in [-0.4, -0.2) is 96.7 Å². The average Bonchev–Trinajstić information content (AvgIpc) is 0.907. The Bertz CT molecular complexity index is 1990. The van der Waals surface area contributed by atoms with Gasteiger partial charge in [-0.25, -0.2) is 9.13 Å². The molecular formula is C84H164O17P2. The fraction of sp³-hybridized carbons (Fsp3) is 0.952. The number of hydrogen-bond donors (Lipinski definition) is 3. The lowest BCUT2D eigenvalue weighted by atomic mass is 10.0. The maximum absolute atomic E-state index is 13.1. The summed E-state index contributed by atoms with van der Waals surface area (Å²) in [4.78, 5) is 73.2. The molecule has 0 spiro atoms. The molecule has 0 heterocycles. The Hall–Kier alpha value is -1.94. The zero-order chi connectivity index (χ0) is 75.8. The summed E-state index contributed by atoms with van der Waals surface area (Å²) in [5, 5.41) is 10.7. The highest BCUT2D eigenvalue weighted by molar-refractivity contribution is 7.47.